The van der Waals surface area contributed by atoms with Crippen LogP contribution in [0.15, 0.2) is 30.6 Å². The average molecular weight is 258 g/mol. The summed E-state index contributed by atoms with van der Waals surface area (Å²) in [5.41, 5.74) is 2.08. The molecule has 1 atom stereocenters. The molecule has 2 aromatic rings. The van der Waals surface area contributed by atoms with Crippen molar-refractivity contribution < 1.29 is 0 Å². The first-order valence-electron chi connectivity index (χ1n) is 6.92. The molecule has 2 heterocycles. The van der Waals surface area contributed by atoms with Crippen molar-refractivity contribution in [2.45, 2.75) is 46.2 Å². The van der Waals surface area contributed by atoms with E-state index in [4.69, 9.17) is 0 Å². The number of aromatic nitrogens is 3. The Morgan fingerprint density at radius 1 is 1.37 bits per heavy atom. The molecule has 0 amide bonds. The maximum atomic E-state index is 4.55. The van der Waals surface area contributed by atoms with Crippen molar-refractivity contribution in [2.75, 3.05) is 5.32 Å². The van der Waals surface area contributed by atoms with Gasteiger partial charge in [-0.05, 0) is 32.4 Å². The van der Waals surface area contributed by atoms with Crippen molar-refractivity contribution >= 4 is 5.95 Å². The molecule has 19 heavy (non-hydrogen) atoms. The molecule has 4 nitrogen and oxygen atoms in total. The molecule has 0 aliphatic heterocycles. The second kappa shape index (κ2) is 6.36. The number of hydrogen-bond acceptors (Lipinski definition) is 3. The Balaban J connectivity index is 2.10. The second-order valence-electron chi connectivity index (χ2n) is 4.87. The zero-order valence-corrected chi connectivity index (χ0v) is 11.9. The van der Waals surface area contributed by atoms with Crippen LogP contribution in [0.4, 0.5) is 5.95 Å². The van der Waals surface area contributed by atoms with Crippen LogP contribution >= 0.6 is 0 Å². The molecule has 0 saturated carbocycles. The lowest BCUT2D eigenvalue weighted by molar-refractivity contribution is 0.629. The van der Waals surface area contributed by atoms with Crippen molar-refractivity contribution in [3.63, 3.8) is 0 Å². The lowest BCUT2D eigenvalue weighted by atomic mass is 10.2. The topological polar surface area (TPSA) is 42.7 Å². The largest absolute Gasteiger partial charge is 0.348 e. The van der Waals surface area contributed by atoms with Crippen LogP contribution in [-0.4, -0.2) is 14.5 Å². The quantitative estimate of drug-likeness (QED) is 0.861. The molecule has 0 aliphatic rings. The van der Waals surface area contributed by atoms with Gasteiger partial charge in [0.25, 0.3) is 0 Å². The molecule has 1 unspecified atom stereocenters. The van der Waals surface area contributed by atoms with Crippen LogP contribution in [0, 0.1) is 6.92 Å². The third kappa shape index (κ3) is 3.56. The van der Waals surface area contributed by atoms with E-state index in [1.165, 1.54) is 12.8 Å². The van der Waals surface area contributed by atoms with E-state index in [0.29, 0.717) is 0 Å². The minimum Gasteiger partial charge on any atom is -0.348 e. The van der Waals surface area contributed by atoms with E-state index >= 15 is 0 Å². The standard InChI is InChI=1S/C15H22N4/c1-4-5-10-19-11-12(2)17-15(19)18-13(3)14-8-6-7-9-16-14/h6-9,11,13H,4-5,10H2,1-3H3,(H,17,18). The van der Waals surface area contributed by atoms with Gasteiger partial charge < -0.3 is 9.88 Å². The molecule has 1 N–H and O–H groups in total. The van der Waals surface area contributed by atoms with Crippen molar-refractivity contribution in [1.82, 2.24) is 14.5 Å². The van der Waals surface area contributed by atoms with Gasteiger partial charge in [0, 0.05) is 18.9 Å². The molecule has 102 valence electrons. The van der Waals surface area contributed by atoms with Crippen molar-refractivity contribution in [1.29, 1.82) is 0 Å². The predicted molar refractivity (Wildman–Crippen MR) is 78.1 cm³/mol. The Bertz CT molecular complexity index is 504. The summed E-state index contributed by atoms with van der Waals surface area (Å²) in [7, 11) is 0. The summed E-state index contributed by atoms with van der Waals surface area (Å²) in [6, 6.07) is 6.13. The lowest BCUT2D eigenvalue weighted by Crippen LogP contribution is -2.12. The number of anilines is 1. The van der Waals surface area contributed by atoms with Gasteiger partial charge in [-0.25, -0.2) is 4.98 Å². The molecule has 0 bridgehead atoms. The molecular weight excluding hydrogens is 236 g/mol. The molecule has 0 aliphatic carbocycles. The summed E-state index contributed by atoms with van der Waals surface area (Å²) in [6.45, 7) is 7.34. The summed E-state index contributed by atoms with van der Waals surface area (Å²) < 4.78 is 2.19. The lowest BCUT2D eigenvalue weighted by Gasteiger charge is -2.15. The Kier molecular flexibility index (Phi) is 4.55. The Morgan fingerprint density at radius 2 is 2.21 bits per heavy atom. The first-order chi connectivity index (χ1) is 9.20. The number of pyridine rings is 1. The summed E-state index contributed by atoms with van der Waals surface area (Å²) >= 11 is 0. The molecular formula is C15H22N4. The van der Waals surface area contributed by atoms with Gasteiger partial charge in [-0.3, -0.25) is 4.98 Å². The van der Waals surface area contributed by atoms with Crippen LogP contribution in [0.5, 0.6) is 0 Å². The highest BCUT2D eigenvalue weighted by molar-refractivity contribution is 5.32. The van der Waals surface area contributed by atoms with Gasteiger partial charge in [-0.2, -0.15) is 0 Å². The van der Waals surface area contributed by atoms with Gasteiger partial charge in [0.05, 0.1) is 17.4 Å². The van der Waals surface area contributed by atoms with Gasteiger partial charge in [0.15, 0.2) is 0 Å². The van der Waals surface area contributed by atoms with E-state index in [9.17, 15) is 0 Å². The molecule has 0 fully saturated rings. The number of imidazole rings is 1. The van der Waals surface area contributed by atoms with Crippen LogP contribution in [0.2, 0.25) is 0 Å². The van der Waals surface area contributed by atoms with Crippen LogP contribution < -0.4 is 5.32 Å². The number of nitrogens with one attached hydrogen (secondary N) is 1. The minimum atomic E-state index is 0.156. The second-order valence-corrected chi connectivity index (χ2v) is 4.87. The van der Waals surface area contributed by atoms with Crippen LogP contribution in [-0.2, 0) is 6.54 Å². The highest BCUT2D eigenvalue weighted by Gasteiger charge is 2.11. The fourth-order valence-corrected chi connectivity index (χ4v) is 2.06. The SMILES string of the molecule is CCCCn1cc(C)nc1NC(C)c1ccccn1. The Morgan fingerprint density at radius 3 is 2.89 bits per heavy atom. The number of nitrogens with zero attached hydrogens (tertiary/aromatic N) is 3. The van der Waals surface area contributed by atoms with Gasteiger partial charge in [-0.1, -0.05) is 19.4 Å². The fraction of sp³-hybridized carbons (Fsp3) is 0.467. The first kappa shape index (κ1) is 13.6. The zero-order chi connectivity index (χ0) is 13.7. The highest BCUT2D eigenvalue weighted by Crippen LogP contribution is 2.17. The molecule has 2 aromatic heterocycles. The number of unbranched alkanes of at least 4 members (excludes halogenated alkanes) is 1. The summed E-state index contributed by atoms with van der Waals surface area (Å²) in [4.78, 5) is 8.93. The van der Waals surface area contributed by atoms with Gasteiger partial charge in [0.1, 0.15) is 0 Å². The molecule has 0 radical (unpaired) electrons. The van der Waals surface area contributed by atoms with Crippen molar-refractivity contribution in [3.8, 4) is 0 Å². The third-order valence-corrected chi connectivity index (χ3v) is 3.13. The van der Waals surface area contributed by atoms with E-state index in [2.05, 4.69) is 39.9 Å². The minimum absolute atomic E-state index is 0.156. The van der Waals surface area contributed by atoms with E-state index in [-0.39, 0.29) is 6.04 Å². The van der Waals surface area contributed by atoms with E-state index in [1.807, 2.05) is 31.3 Å². The molecule has 0 aromatic carbocycles. The number of rotatable bonds is 6. The van der Waals surface area contributed by atoms with Crippen molar-refractivity contribution in [2.24, 2.45) is 0 Å². The molecule has 0 spiro atoms. The first-order valence-corrected chi connectivity index (χ1v) is 6.92. The van der Waals surface area contributed by atoms with Crippen LogP contribution in [0.1, 0.15) is 44.1 Å². The van der Waals surface area contributed by atoms with E-state index in [1.54, 1.807) is 0 Å². The van der Waals surface area contributed by atoms with Gasteiger partial charge >= 0.3 is 0 Å². The predicted octanol–water partition coefficient (Wildman–Crippen LogP) is 3.56. The summed E-state index contributed by atoms with van der Waals surface area (Å²) in [5.74, 6) is 0.934. The van der Waals surface area contributed by atoms with Crippen LogP contribution in [0.25, 0.3) is 0 Å². The highest BCUT2D eigenvalue weighted by atomic mass is 15.2. The monoisotopic (exact) mass is 258 g/mol. The van der Waals surface area contributed by atoms with E-state index < -0.39 is 0 Å². The zero-order valence-electron chi connectivity index (χ0n) is 11.9. The van der Waals surface area contributed by atoms with Crippen molar-refractivity contribution in [3.05, 3.63) is 42.0 Å². The molecule has 4 heteroatoms. The Labute approximate surface area is 114 Å². The number of hydrogen-bond donors (Lipinski definition) is 1. The Hall–Kier alpha value is -1.84. The third-order valence-electron chi connectivity index (χ3n) is 3.13. The van der Waals surface area contributed by atoms with E-state index in [0.717, 1.165) is 23.9 Å². The van der Waals surface area contributed by atoms with Gasteiger partial charge in [-0.15, -0.1) is 0 Å². The molecule has 0 saturated heterocycles. The maximum Gasteiger partial charge on any atom is 0.203 e. The fourth-order valence-electron chi connectivity index (χ4n) is 2.06. The molecule has 2 rings (SSSR count). The summed E-state index contributed by atoms with van der Waals surface area (Å²) in [6.07, 6.45) is 6.28. The smallest absolute Gasteiger partial charge is 0.203 e. The van der Waals surface area contributed by atoms with Crippen LogP contribution in [0.3, 0.4) is 0 Å². The average Bonchev–Trinajstić information content (AvgIpc) is 2.77. The number of aryl methyl sites for hydroxylation is 2. The maximum absolute atomic E-state index is 4.55. The summed E-state index contributed by atoms with van der Waals surface area (Å²) in [5, 5.41) is 3.45. The van der Waals surface area contributed by atoms with Gasteiger partial charge in [0.2, 0.25) is 5.95 Å². The normalized spacial score (nSPS) is 12.4.